The fourth-order valence-corrected chi connectivity index (χ4v) is 10.5. The Morgan fingerprint density at radius 1 is 0.489 bits per heavy atom. The first-order valence-corrected chi connectivity index (χ1v) is 16.5. The van der Waals surface area contributed by atoms with Gasteiger partial charge in [-0.05, 0) is 59.7 Å². The predicted octanol–water partition coefficient (Wildman–Crippen LogP) is 8.61. The number of hydrogen-bond acceptors (Lipinski definition) is 6. The minimum absolute atomic E-state index is 0.0548. The molecule has 11 rings (SSSR count). The van der Waals surface area contributed by atoms with Crippen molar-refractivity contribution in [1.82, 2.24) is 9.97 Å². The maximum Gasteiger partial charge on any atom is 0.179 e. The van der Waals surface area contributed by atoms with Crippen molar-refractivity contribution in [2.45, 2.75) is 37.0 Å². The molecule has 5 heterocycles. The fourth-order valence-electron chi connectivity index (χ4n) is 10.5. The zero-order valence-electron chi connectivity index (χ0n) is 26.2. The van der Waals surface area contributed by atoms with Crippen molar-refractivity contribution >= 4 is 45.4 Å². The van der Waals surface area contributed by atoms with Gasteiger partial charge < -0.3 is 19.6 Å². The number of nitrogens with zero attached hydrogens (tertiary/aromatic N) is 6. The van der Waals surface area contributed by atoms with E-state index >= 15 is 0 Å². The smallest absolute Gasteiger partial charge is 0.179 e. The van der Waals surface area contributed by atoms with Crippen LogP contribution in [0.4, 0.5) is 34.4 Å². The molecule has 4 aliphatic heterocycles. The van der Waals surface area contributed by atoms with E-state index in [-0.39, 0.29) is 28.6 Å². The zero-order chi connectivity index (χ0) is 31.1. The van der Waals surface area contributed by atoms with E-state index in [1.54, 1.807) is 0 Å². The molecule has 1 spiro atoms. The first-order chi connectivity index (χ1) is 23.1. The minimum atomic E-state index is -0.338. The first-order valence-electron chi connectivity index (χ1n) is 16.5. The predicted molar refractivity (Wildman–Crippen MR) is 188 cm³/mol. The van der Waals surface area contributed by atoms with Gasteiger partial charge in [-0.3, -0.25) is 0 Å². The van der Waals surface area contributed by atoms with Gasteiger partial charge >= 0.3 is 0 Å². The summed E-state index contributed by atoms with van der Waals surface area (Å²) in [5, 5.41) is 0. The molecule has 0 amide bonds. The van der Waals surface area contributed by atoms with Gasteiger partial charge in [-0.25, -0.2) is 9.97 Å². The minimum Gasteiger partial charge on any atom is -0.325 e. The van der Waals surface area contributed by atoms with Gasteiger partial charge in [0.25, 0.3) is 0 Å². The van der Waals surface area contributed by atoms with Gasteiger partial charge in [0.05, 0.1) is 16.4 Å². The molecule has 6 aromatic rings. The number of fused-ring (bicyclic) bond motifs is 16. The Morgan fingerprint density at radius 2 is 1.02 bits per heavy atom. The van der Waals surface area contributed by atoms with Crippen molar-refractivity contribution in [2.75, 3.05) is 19.6 Å². The second-order valence-corrected chi connectivity index (χ2v) is 13.8. The summed E-state index contributed by atoms with van der Waals surface area (Å²) in [6.07, 6.45) is 4.54. The number of benzene rings is 5. The molecule has 6 heteroatoms. The van der Waals surface area contributed by atoms with Gasteiger partial charge in [-0.2, -0.15) is 0 Å². The van der Waals surface area contributed by atoms with Crippen molar-refractivity contribution < 1.29 is 0 Å². The monoisotopic (exact) mass is 608 g/mol. The summed E-state index contributed by atoms with van der Waals surface area (Å²) in [5.74, 6) is 1.84. The van der Waals surface area contributed by atoms with Gasteiger partial charge in [0.15, 0.2) is 11.6 Å². The van der Waals surface area contributed by atoms with E-state index in [1.165, 1.54) is 28.2 Å². The zero-order valence-corrected chi connectivity index (χ0v) is 26.2. The Bertz CT molecular complexity index is 2270. The van der Waals surface area contributed by atoms with Crippen molar-refractivity contribution in [2.24, 2.45) is 5.41 Å². The Kier molecular flexibility index (Phi) is 4.56. The van der Waals surface area contributed by atoms with Crippen molar-refractivity contribution in [3.05, 3.63) is 157 Å². The van der Waals surface area contributed by atoms with E-state index in [2.05, 4.69) is 179 Å². The Hall–Kier alpha value is -5.62. The lowest BCUT2D eigenvalue weighted by molar-refractivity contribution is 0.335. The summed E-state index contributed by atoms with van der Waals surface area (Å²) >= 11 is 0. The van der Waals surface area contributed by atoms with Crippen LogP contribution in [0.1, 0.15) is 25.0 Å². The average Bonchev–Trinajstić information content (AvgIpc) is 3.58. The van der Waals surface area contributed by atoms with Crippen LogP contribution in [0.2, 0.25) is 0 Å². The van der Waals surface area contributed by atoms with Gasteiger partial charge in [-0.15, -0.1) is 0 Å². The van der Waals surface area contributed by atoms with Crippen LogP contribution >= 0.6 is 0 Å². The molecule has 5 aliphatic rings. The van der Waals surface area contributed by atoms with Crippen molar-refractivity contribution in [1.29, 1.82) is 0 Å². The van der Waals surface area contributed by atoms with Crippen LogP contribution in [0.15, 0.2) is 146 Å². The van der Waals surface area contributed by atoms with Crippen molar-refractivity contribution in [3.8, 4) is 0 Å². The summed E-state index contributed by atoms with van der Waals surface area (Å²) < 4.78 is 0. The van der Waals surface area contributed by atoms with Crippen LogP contribution in [-0.4, -0.2) is 22.3 Å². The second kappa shape index (κ2) is 8.39. The van der Waals surface area contributed by atoms with Crippen LogP contribution < -0.4 is 19.6 Å². The van der Waals surface area contributed by atoms with Gasteiger partial charge in [0.2, 0.25) is 0 Å². The highest BCUT2D eigenvalue weighted by atomic mass is 15.5. The van der Waals surface area contributed by atoms with Crippen LogP contribution in [0.5, 0.6) is 0 Å². The van der Waals surface area contributed by atoms with Crippen LogP contribution in [-0.2, 0) is 10.8 Å². The Balaban J connectivity index is 1.25. The highest BCUT2D eigenvalue weighted by Crippen LogP contribution is 2.88. The highest BCUT2D eigenvalue weighted by molar-refractivity contribution is 5.96. The van der Waals surface area contributed by atoms with Crippen LogP contribution in [0, 0.1) is 5.41 Å². The molecule has 1 fully saturated rings. The Labute approximate surface area is 273 Å². The molecular formula is C41H32N6. The number of aromatic nitrogens is 2. The van der Waals surface area contributed by atoms with Crippen molar-refractivity contribution in [3.63, 3.8) is 0 Å². The standard InChI is InChI=1S/C41H32N6/c1-39-29-19-9-13-23-33(29)45-26-25-44(27-15-5-3-6-16-27)37(45)40(39,2)41(39)30-20-10-14-24-34(30)47-36-35(42-31-21-11-12-22-32(31)43-36)46(38(41)47)28-17-7-4-8-18-28/h3-26,37-38H,1-2H3. The normalized spacial score (nSPS) is 28.6. The van der Waals surface area contributed by atoms with E-state index in [9.17, 15) is 0 Å². The third kappa shape index (κ3) is 2.67. The largest absolute Gasteiger partial charge is 0.325 e. The van der Waals surface area contributed by atoms with Crippen LogP contribution in [0.3, 0.4) is 0 Å². The number of anilines is 6. The molecule has 1 aliphatic carbocycles. The van der Waals surface area contributed by atoms with Gasteiger partial charge in [-0.1, -0.05) is 98.8 Å². The highest BCUT2D eigenvalue weighted by Gasteiger charge is 2.94. The molecule has 0 bridgehead atoms. The topological polar surface area (TPSA) is 38.7 Å². The summed E-state index contributed by atoms with van der Waals surface area (Å²) in [4.78, 5) is 20.8. The van der Waals surface area contributed by atoms with E-state index in [1.807, 2.05) is 0 Å². The molecule has 1 saturated carbocycles. The molecule has 5 unspecified atom stereocenters. The fraction of sp³-hybridized carbons (Fsp3) is 0.171. The number of hydrogen-bond donors (Lipinski definition) is 0. The molecule has 47 heavy (non-hydrogen) atoms. The molecule has 226 valence electrons. The third-order valence-corrected chi connectivity index (χ3v) is 12.3. The molecule has 1 aromatic heterocycles. The quantitative estimate of drug-likeness (QED) is 0.196. The molecule has 0 radical (unpaired) electrons. The average molecular weight is 609 g/mol. The maximum absolute atomic E-state index is 5.39. The lowest BCUT2D eigenvalue weighted by Crippen LogP contribution is -2.53. The summed E-state index contributed by atoms with van der Waals surface area (Å²) in [6.45, 7) is 5.09. The van der Waals surface area contributed by atoms with Crippen LogP contribution in [0.25, 0.3) is 11.0 Å². The van der Waals surface area contributed by atoms with E-state index in [4.69, 9.17) is 9.97 Å². The summed E-state index contributed by atoms with van der Waals surface area (Å²) in [5.41, 5.74) is 8.62. The van der Waals surface area contributed by atoms with E-state index in [0.717, 1.165) is 28.4 Å². The van der Waals surface area contributed by atoms with E-state index in [0.29, 0.717) is 0 Å². The third-order valence-electron chi connectivity index (χ3n) is 12.3. The number of rotatable bonds is 2. The molecular weight excluding hydrogens is 576 g/mol. The summed E-state index contributed by atoms with van der Waals surface area (Å²) in [7, 11) is 0. The maximum atomic E-state index is 5.39. The SMILES string of the molecule is CC12c3ccccc3N3C=CN(c4ccccc4)C3C1(C)C21c2ccccc2N2c3nc4ccccc4nc3N(c3ccccc3)C21. The summed E-state index contributed by atoms with van der Waals surface area (Å²) in [6, 6.07) is 48.1. The molecule has 0 N–H and O–H groups in total. The van der Waals surface area contributed by atoms with E-state index < -0.39 is 0 Å². The second-order valence-electron chi connectivity index (χ2n) is 13.8. The lowest BCUT2D eigenvalue weighted by atomic mass is 9.80. The Morgan fingerprint density at radius 3 is 1.72 bits per heavy atom. The van der Waals surface area contributed by atoms with Gasteiger partial charge in [0, 0.05) is 46.0 Å². The molecule has 0 saturated heterocycles. The first kappa shape index (κ1) is 25.6. The molecule has 5 atom stereocenters. The number of para-hydroxylation sites is 6. The lowest BCUT2D eigenvalue weighted by Gasteiger charge is -2.44. The molecule has 6 nitrogen and oxygen atoms in total. The molecule has 5 aromatic carbocycles. The van der Waals surface area contributed by atoms with Gasteiger partial charge in [0.1, 0.15) is 12.3 Å².